The molecular formula is C13H14INO. The minimum Gasteiger partial charge on any atom is -0.440 e. The number of rotatable bonds is 3. The first-order valence-corrected chi connectivity index (χ1v) is 6.43. The molecule has 0 N–H and O–H groups in total. The summed E-state index contributed by atoms with van der Waals surface area (Å²) in [7, 11) is 0. The van der Waals surface area contributed by atoms with Crippen LogP contribution in [-0.4, -0.2) is 4.98 Å². The number of halogens is 1. The van der Waals surface area contributed by atoms with E-state index >= 15 is 0 Å². The third kappa shape index (κ3) is 2.84. The third-order valence-corrected chi connectivity index (χ3v) is 2.87. The molecule has 3 heteroatoms. The summed E-state index contributed by atoms with van der Waals surface area (Å²) in [4.78, 5) is 4.29. The minimum atomic E-state index is 0.679. The molecule has 1 aromatic heterocycles. The van der Waals surface area contributed by atoms with Crippen LogP contribution in [-0.2, 0) is 6.42 Å². The first kappa shape index (κ1) is 11.6. The van der Waals surface area contributed by atoms with Crippen LogP contribution >= 0.6 is 22.6 Å². The van der Waals surface area contributed by atoms with Gasteiger partial charge in [-0.2, -0.15) is 0 Å². The van der Waals surface area contributed by atoms with Gasteiger partial charge < -0.3 is 4.42 Å². The quantitative estimate of drug-likeness (QED) is 0.792. The van der Waals surface area contributed by atoms with Crippen LogP contribution in [0.3, 0.4) is 0 Å². The van der Waals surface area contributed by atoms with Gasteiger partial charge in [0.1, 0.15) is 12.0 Å². The molecule has 0 unspecified atom stereocenters. The van der Waals surface area contributed by atoms with E-state index in [1.165, 1.54) is 5.56 Å². The Morgan fingerprint density at radius 3 is 2.44 bits per heavy atom. The van der Waals surface area contributed by atoms with E-state index in [2.05, 4.69) is 65.7 Å². The molecule has 16 heavy (non-hydrogen) atoms. The van der Waals surface area contributed by atoms with Crippen molar-refractivity contribution < 1.29 is 4.42 Å². The average molecular weight is 327 g/mol. The van der Waals surface area contributed by atoms with Crippen LogP contribution in [0.5, 0.6) is 0 Å². The van der Waals surface area contributed by atoms with Gasteiger partial charge in [-0.3, -0.25) is 0 Å². The molecule has 1 aromatic carbocycles. The number of nitrogens with zero attached hydrogens (tertiary/aromatic N) is 1. The zero-order valence-electron chi connectivity index (χ0n) is 9.40. The van der Waals surface area contributed by atoms with Gasteiger partial charge in [-0.25, -0.2) is 4.98 Å². The molecule has 0 radical (unpaired) electrons. The van der Waals surface area contributed by atoms with E-state index in [0.717, 1.165) is 17.7 Å². The Kier molecular flexibility index (Phi) is 3.63. The lowest BCUT2D eigenvalue weighted by Gasteiger charge is -2.05. The standard InChI is InChI=1S/C13H14INO/c1-9(2)7-10-3-5-11(6-4-10)12-8-16-13(14)15-12/h3-6,8-9H,7H2,1-2H3. The van der Waals surface area contributed by atoms with E-state index in [1.807, 2.05) is 0 Å². The van der Waals surface area contributed by atoms with Crippen molar-refractivity contribution in [3.05, 3.63) is 40.0 Å². The highest BCUT2D eigenvalue weighted by molar-refractivity contribution is 14.1. The molecule has 0 bridgehead atoms. The SMILES string of the molecule is CC(C)Cc1ccc(-c2coc(I)n2)cc1. The Balaban J connectivity index is 2.19. The van der Waals surface area contributed by atoms with Gasteiger partial charge in [0, 0.05) is 28.2 Å². The Hall–Kier alpha value is -0.840. The summed E-state index contributed by atoms with van der Waals surface area (Å²) in [6.45, 7) is 4.46. The number of aromatic nitrogens is 1. The van der Waals surface area contributed by atoms with Crippen LogP contribution in [0.2, 0.25) is 0 Å². The molecule has 0 saturated carbocycles. The second-order valence-electron chi connectivity index (χ2n) is 4.28. The Bertz CT molecular complexity index is 459. The van der Waals surface area contributed by atoms with Crippen LogP contribution < -0.4 is 0 Å². The van der Waals surface area contributed by atoms with E-state index < -0.39 is 0 Å². The van der Waals surface area contributed by atoms with Gasteiger partial charge in [0.25, 0.3) is 3.90 Å². The molecule has 0 aliphatic rings. The monoisotopic (exact) mass is 327 g/mol. The van der Waals surface area contributed by atoms with Crippen LogP contribution in [0.1, 0.15) is 19.4 Å². The third-order valence-electron chi connectivity index (χ3n) is 2.37. The lowest BCUT2D eigenvalue weighted by molar-refractivity contribution is 0.525. The lowest BCUT2D eigenvalue weighted by atomic mass is 10.0. The van der Waals surface area contributed by atoms with E-state index in [9.17, 15) is 0 Å². The molecule has 0 spiro atoms. The lowest BCUT2D eigenvalue weighted by Crippen LogP contribution is -1.93. The Morgan fingerprint density at radius 2 is 1.94 bits per heavy atom. The zero-order chi connectivity index (χ0) is 11.5. The summed E-state index contributed by atoms with van der Waals surface area (Å²) < 4.78 is 5.87. The van der Waals surface area contributed by atoms with Crippen molar-refractivity contribution in [3.63, 3.8) is 0 Å². The van der Waals surface area contributed by atoms with Gasteiger partial charge in [0.05, 0.1) is 0 Å². The van der Waals surface area contributed by atoms with Crippen LogP contribution in [0, 0.1) is 9.82 Å². The summed E-state index contributed by atoms with van der Waals surface area (Å²) in [5.41, 5.74) is 3.39. The average Bonchev–Trinajstić information content (AvgIpc) is 2.65. The van der Waals surface area contributed by atoms with E-state index in [-0.39, 0.29) is 0 Å². The predicted octanol–water partition coefficient (Wildman–Crippen LogP) is 4.14. The molecule has 0 fully saturated rings. The molecule has 0 amide bonds. The van der Waals surface area contributed by atoms with Gasteiger partial charge in [0.2, 0.25) is 0 Å². The van der Waals surface area contributed by atoms with Gasteiger partial charge in [0.15, 0.2) is 0 Å². The molecule has 0 atom stereocenters. The van der Waals surface area contributed by atoms with Crippen molar-refractivity contribution in [1.29, 1.82) is 0 Å². The van der Waals surface area contributed by atoms with E-state index in [1.54, 1.807) is 6.26 Å². The normalized spacial score (nSPS) is 11.0. The zero-order valence-corrected chi connectivity index (χ0v) is 11.6. The number of hydrogen-bond acceptors (Lipinski definition) is 2. The number of benzene rings is 1. The molecule has 2 aromatic rings. The predicted molar refractivity (Wildman–Crippen MR) is 73.2 cm³/mol. The fraction of sp³-hybridized carbons (Fsp3) is 0.308. The fourth-order valence-corrected chi connectivity index (χ4v) is 2.05. The minimum absolute atomic E-state index is 0.679. The molecule has 2 rings (SSSR count). The number of hydrogen-bond donors (Lipinski definition) is 0. The summed E-state index contributed by atoms with van der Waals surface area (Å²) >= 11 is 2.07. The van der Waals surface area contributed by atoms with Crippen molar-refractivity contribution in [2.75, 3.05) is 0 Å². The van der Waals surface area contributed by atoms with Crippen LogP contribution in [0.25, 0.3) is 11.3 Å². The maximum absolute atomic E-state index is 5.19. The fourth-order valence-electron chi connectivity index (χ4n) is 1.67. The highest BCUT2D eigenvalue weighted by Gasteiger charge is 2.04. The molecule has 2 nitrogen and oxygen atoms in total. The Labute approximate surface area is 109 Å². The number of oxazole rings is 1. The molecule has 0 saturated heterocycles. The van der Waals surface area contributed by atoms with Crippen molar-refractivity contribution in [2.45, 2.75) is 20.3 Å². The molecule has 84 valence electrons. The maximum Gasteiger partial charge on any atom is 0.257 e. The molecule has 0 aliphatic carbocycles. The van der Waals surface area contributed by atoms with Crippen molar-refractivity contribution in [3.8, 4) is 11.3 Å². The molecule has 0 aliphatic heterocycles. The Morgan fingerprint density at radius 1 is 1.25 bits per heavy atom. The van der Waals surface area contributed by atoms with Crippen LogP contribution in [0.4, 0.5) is 0 Å². The van der Waals surface area contributed by atoms with Gasteiger partial charge in [-0.15, -0.1) is 0 Å². The van der Waals surface area contributed by atoms with Crippen molar-refractivity contribution in [1.82, 2.24) is 4.98 Å². The smallest absolute Gasteiger partial charge is 0.257 e. The second kappa shape index (κ2) is 4.99. The highest BCUT2D eigenvalue weighted by Crippen LogP contribution is 2.20. The largest absolute Gasteiger partial charge is 0.440 e. The van der Waals surface area contributed by atoms with Crippen molar-refractivity contribution >= 4 is 22.6 Å². The van der Waals surface area contributed by atoms with Crippen molar-refractivity contribution in [2.24, 2.45) is 5.92 Å². The van der Waals surface area contributed by atoms with Gasteiger partial charge >= 0.3 is 0 Å². The van der Waals surface area contributed by atoms with E-state index in [0.29, 0.717) is 9.82 Å². The summed E-state index contributed by atoms with van der Waals surface area (Å²) in [5, 5.41) is 0. The second-order valence-corrected chi connectivity index (χ2v) is 5.20. The summed E-state index contributed by atoms with van der Waals surface area (Å²) in [6.07, 6.45) is 2.82. The first-order valence-electron chi connectivity index (χ1n) is 5.35. The summed E-state index contributed by atoms with van der Waals surface area (Å²) in [6, 6.07) is 8.53. The highest BCUT2D eigenvalue weighted by atomic mass is 127. The van der Waals surface area contributed by atoms with Gasteiger partial charge in [-0.1, -0.05) is 38.1 Å². The topological polar surface area (TPSA) is 26.0 Å². The van der Waals surface area contributed by atoms with Crippen LogP contribution in [0.15, 0.2) is 34.9 Å². The molecular weight excluding hydrogens is 313 g/mol. The maximum atomic E-state index is 5.19. The van der Waals surface area contributed by atoms with Gasteiger partial charge in [-0.05, 0) is 17.9 Å². The first-order chi connectivity index (χ1) is 7.65. The summed E-state index contributed by atoms with van der Waals surface area (Å²) in [5.74, 6) is 0.693. The molecule has 1 heterocycles. The van der Waals surface area contributed by atoms with E-state index in [4.69, 9.17) is 4.42 Å².